The van der Waals surface area contributed by atoms with E-state index in [-0.39, 0.29) is 5.56 Å². The smallest absolute Gasteiger partial charge is 0.329 e. The molecule has 9 heteroatoms. The summed E-state index contributed by atoms with van der Waals surface area (Å²) in [5, 5.41) is 6.86. The van der Waals surface area contributed by atoms with Crippen molar-refractivity contribution in [3.8, 4) is 0 Å². The first-order chi connectivity index (χ1) is 14.0. The molecule has 0 radical (unpaired) electrons. The second-order valence-electron chi connectivity index (χ2n) is 6.74. The number of aromatic nitrogens is 4. The lowest BCUT2D eigenvalue weighted by molar-refractivity contribution is 0.387. The number of nitrogens with one attached hydrogen (secondary N) is 2. The van der Waals surface area contributed by atoms with E-state index in [1.165, 1.54) is 21.8 Å². The zero-order valence-corrected chi connectivity index (χ0v) is 17.6. The summed E-state index contributed by atoms with van der Waals surface area (Å²) in [6, 6.07) is 7.40. The molecule has 29 heavy (non-hydrogen) atoms. The van der Waals surface area contributed by atoms with Gasteiger partial charge in [-0.15, -0.1) is 0 Å². The lowest BCUT2D eigenvalue weighted by Gasteiger charge is -2.11. The molecule has 8 nitrogen and oxygen atoms in total. The van der Waals surface area contributed by atoms with Crippen LogP contribution in [0.2, 0.25) is 0 Å². The summed E-state index contributed by atoms with van der Waals surface area (Å²) in [4.78, 5) is 31.6. The lowest BCUT2D eigenvalue weighted by atomic mass is 10.1. The molecule has 0 bridgehead atoms. The van der Waals surface area contributed by atoms with Crippen LogP contribution >= 0.6 is 11.8 Å². The van der Waals surface area contributed by atoms with Gasteiger partial charge in [0, 0.05) is 18.3 Å². The number of aryl methyl sites for hydroxylation is 3. The maximum Gasteiger partial charge on any atom is 0.329 e. The second kappa shape index (κ2) is 9.60. The Balaban J connectivity index is 1.57. The molecule has 2 heterocycles. The van der Waals surface area contributed by atoms with Crippen LogP contribution in [-0.2, 0) is 18.7 Å². The predicted molar refractivity (Wildman–Crippen MR) is 115 cm³/mol. The zero-order valence-electron chi connectivity index (χ0n) is 16.8. The summed E-state index contributed by atoms with van der Waals surface area (Å²) in [5.41, 5.74) is 2.54. The van der Waals surface area contributed by atoms with Crippen molar-refractivity contribution in [3.63, 3.8) is 0 Å². The maximum atomic E-state index is 12.4. The van der Waals surface area contributed by atoms with Gasteiger partial charge in [-0.05, 0) is 55.7 Å². The third kappa shape index (κ3) is 5.60. The van der Waals surface area contributed by atoms with Gasteiger partial charge < -0.3 is 9.84 Å². The van der Waals surface area contributed by atoms with Gasteiger partial charge in [0.15, 0.2) is 5.82 Å². The first-order valence-corrected chi connectivity index (χ1v) is 10.7. The van der Waals surface area contributed by atoms with E-state index < -0.39 is 5.69 Å². The number of hydrogen-bond donors (Lipinski definition) is 2. The van der Waals surface area contributed by atoms with Crippen molar-refractivity contribution in [1.29, 1.82) is 0 Å². The summed E-state index contributed by atoms with van der Waals surface area (Å²) in [6.07, 6.45) is 1.61. The van der Waals surface area contributed by atoms with Gasteiger partial charge in [0.1, 0.15) is 5.82 Å². The molecule has 2 N–H and O–H groups in total. The molecule has 0 aliphatic carbocycles. The highest BCUT2D eigenvalue weighted by Gasteiger charge is 2.07. The molecule has 154 valence electrons. The van der Waals surface area contributed by atoms with Gasteiger partial charge in [-0.3, -0.25) is 14.3 Å². The van der Waals surface area contributed by atoms with E-state index in [2.05, 4.69) is 34.3 Å². The molecule has 0 aliphatic rings. The van der Waals surface area contributed by atoms with Crippen LogP contribution in [0.25, 0.3) is 0 Å². The Hall–Kier alpha value is -2.81. The molecule has 1 aromatic carbocycles. The van der Waals surface area contributed by atoms with Gasteiger partial charge in [0.25, 0.3) is 5.56 Å². The lowest BCUT2D eigenvalue weighted by Crippen LogP contribution is -2.35. The van der Waals surface area contributed by atoms with Crippen molar-refractivity contribution in [1.82, 2.24) is 19.7 Å². The SMILES string of the molecule is CCc1cc(Nc2cc(=O)n(CCCSCc3nc(C)no3)c(=O)[nH]2)ccc1C. The maximum absolute atomic E-state index is 12.4. The Morgan fingerprint density at radius 1 is 1.24 bits per heavy atom. The minimum Gasteiger partial charge on any atom is -0.342 e. The highest BCUT2D eigenvalue weighted by Crippen LogP contribution is 2.18. The molecule has 0 saturated heterocycles. The number of hydrogen-bond acceptors (Lipinski definition) is 7. The zero-order chi connectivity index (χ0) is 20.8. The largest absolute Gasteiger partial charge is 0.342 e. The van der Waals surface area contributed by atoms with E-state index in [9.17, 15) is 9.59 Å². The topological polar surface area (TPSA) is 106 Å². The number of rotatable bonds is 9. The van der Waals surface area contributed by atoms with Gasteiger partial charge >= 0.3 is 5.69 Å². The van der Waals surface area contributed by atoms with Crippen LogP contribution in [-0.4, -0.2) is 25.4 Å². The first kappa shape index (κ1) is 20.9. The highest BCUT2D eigenvalue weighted by atomic mass is 32.2. The molecule has 3 aromatic rings. The molecule has 0 amide bonds. The molecule has 0 spiro atoms. The molecule has 0 atom stereocenters. The number of anilines is 2. The van der Waals surface area contributed by atoms with Gasteiger partial charge in [-0.25, -0.2) is 4.79 Å². The second-order valence-corrected chi connectivity index (χ2v) is 7.84. The summed E-state index contributed by atoms with van der Waals surface area (Å²) in [7, 11) is 0. The van der Waals surface area contributed by atoms with Crippen LogP contribution in [0.4, 0.5) is 11.5 Å². The molecular formula is C20H25N5O3S. The van der Waals surface area contributed by atoms with Gasteiger partial charge in [-0.2, -0.15) is 16.7 Å². The standard InChI is InChI=1S/C20H25N5O3S/c1-4-15-10-16(7-6-13(15)2)22-17-11-19(26)25(20(27)23-17)8-5-9-29-12-18-21-14(3)24-28-18/h6-7,10-11,22H,4-5,8-9,12H2,1-3H3,(H,23,27). The minimum absolute atomic E-state index is 0.323. The Morgan fingerprint density at radius 3 is 2.76 bits per heavy atom. The van der Waals surface area contributed by atoms with Gasteiger partial charge in [0.2, 0.25) is 5.89 Å². The summed E-state index contributed by atoms with van der Waals surface area (Å²) < 4.78 is 6.27. The van der Waals surface area contributed by atoms with E-state index in [1.807, 2.05) is 18.2 Å². The van der Waals surface area contributed by atoms with E-state index >= 15 is 0 Å². The van der Waals surface area contributed by atoms with Crippen LogP contribution in [0.1, 0.15) is 36.2 Å². The van der Waals surface area contributed by atoms with Crippen molar-refractivity contribution < 1.29 is 4.52 Å². The molecule has 0 unspecified atom stereocenters. The van der Waals surface area contributed by atoms with Crippen LogP contribution < -0.4 is 16.6 Å². The van der Waals surface area contributed by atoms with Crippen LogP contribution in [0.3, 0.4) is 0 Å². The summed E-state index contributed by atoms with van der Waals surface area (Å²) in [6.45, 7) is 6.29. The summed E-state index contributed by atoms with van der Waals surface area (Å²) in [5.74, 6) is 2.98. The van der Waals surface area contributed by atoms with Crippen molar-refractivity contribution in [2.45, 2.75) is 45.9 Å². The van der Waals surface area contributed by atoms with Gasteiger partial charge in [-0.1, -0.05) is 18.1 Å². The van der Waals surface area contributed by atoms with Crippen molar-refractivity contribution in [2.24, 2.45) is 0 Å². The number of thioether (sulfide) groups is 1. The van der Waals surface area contributed by atoms with E-state index in [4.69, 9.17) is 4.52 Å². The highest BCUT2D eigenvalue weighted by molar-refractivity contribution is 7.98. The molecule has 0 saturated carbocycles. The average Bonchev–Trinajstić information content (AvgIpc) is 3.10. The minimum atomic E-state index is -0.416. The van der Waals surface area contributed by atoms with Crippen molar-refractivity contribution >= 4 is 23.3 Å². The molecule has 0 fully saturated rings. The fourth-order valence-corrected chi connectivity index (χ4v) is 3.74. The van der Waals surface area contributed by atoms with Crippen molar-refractivity contribution in [2.75, 3.05) is 11.1 Å². The number of benzene rings is 1. The van der Waals surface area contributed by atoms with E-state index in [1.54, 1.807) is 18.7 Å². The van der Waals surface area contributed by atoms with Crippen molar-refractivity contribution in [3.05, 3.63) is 67.9 Å². The third-order valence-corrected chi connectivity index (χ3v) is 5.52. The third-order valence-electron chi connectivity index (χ3n) is 4.50. The van der Waals surface area contributed by atoms with Crippen LogP contribution in [0.15, 0.2) is 38.4 Å². The average molecular weight is 416 g/mol. The number of aromatic amines is 1. The number of H-pyrrole nitrogens is 1. The monoisotopic (exact) mass is 415 g/mol. The Labute approximate surface area is 172 Å². The normalized spacial score (nSPS) is 11.0. The van der Waals surface area contributed by atoms with Crippen LogP contribution in [0, 0.1) is 13.8 Å². The fraction of sp³-hybridized carbons (Fsp3) is 0.400. The van der Waals surface area contributed by atoms with Gasteiger partial charge in [0.05, 0.1) is 5.75 Å². The predicted octanol–water partition coefficient (Wildman–Crippen LogP) is 3.17. The Kier molecular flexibility index (Phi) is 6.92. The van der Waals surface area contributed by atoms with Crippen LogP contribution in [0.5, 0.6) is 0 Å². The van der Waals surface area contributed by atoms with E-state index in [0.717, 1.165) is 17.9 Å². The molecule has 0 aliphatic heterocycles. The summed E-state index contributed by atoms with van der Waals surface area (Å²) >= 11 is 1.62. The Morgan fingerprint density at radius 2 is 2.07 bits per heavy atom. The molecular weight excluding hydrogens is 390 g/mol. The Bertz CT molecular complexity index is 1050. The number of nitrogens with zero attached hydrogens (tertiary/aromatic N) is 3. The molecule has 3 rings (SSSR count). The van der Waals surface area contributed by atoms with E-state index in [0.29, 0.717) is 36.3 Å². The quantitative estimate of drug-likeness (QED) is 0.517. The fourth-order valence-electron chi connectivity index (χ4n) is 2.97. The molecule has 2 aromatic heterocycles. The first-order valence-electron chi connectivity index (χ1n) is 9.54.